The lowest BCUT2D eigenvalue weighted by atomic mass is 9.98. The molecular weight excluding hydrogens is 415 g/mol. The summed E-state index contributed by atoms with van der Waals surface area (Å²) >= 11 is 0. The molecule has 0 radical (unpaired) electrons. The number of alkyl halides is 3. The molecule has 0 spiro atoms. The van der Waals surface area contributed by atoms with E-state index in [1.807, 2.05) is 36.4 Å². The van der Waals surface area contributed by atoms with E-state index in [9.17, 15) is 18.0 Å². The molecule has 6 heteroatoms. The Morgan fingerprint density at radius 3 is 2.22 bits per heavy atom. The van der Waals surface area contributed by atoms with Crippen molar-refractivity contribution in [3.63, 3.8) is 0 Å². The monoisotopic (exact) mass is 435 g/mol. The zero-order chi connectivity index (χ0) is 22.7. The third-order valence-electron chi connectivity index (χ3n) is 5.44. The standard InChI is InChI=1S/C26H20F3NO2/c1-17-15-19(26(27,28)29)13-12-18(17)7-6-14-30-25(31)32-16-24-22-10-4-2-8-20(22)21-9-3-5-11-23(21)24/h2-5,8-13,15,24H,14,16H2,1H3,(H,30,31). The van der Waals surface area contributed by atoms with Gasteiger partial charge < -0.3 is 10.1 Å². The summed E-state index contributed by atoms with van der Waals surface area (Å²) in [6.07, 6.45) is -4.98. The first kappa shape index (κ1) is 21.5. The van der Waals surface area contributed by atoms with Crippen molar-refractivity contribution in [3.05, 3.63) is 94.5 Å². The highest BCUT2D eigenvalue weighted by atomic mass is 19.4. The van der Waals surface area contributed by atoms with Gasteiger partial charge in [-0.25, -0.2) is 4.79 Å². The van der Waals surface area contributed by atoms with Crippen LogP contribution in [0.2, 0.25) is 0 Å². The fourth-order valence-electron chi connectivity index (χ4n) is 3.89. The van der Waals surface area contributed by atoms with Gasteiger partial charge in [-0.2, -0.15) is 13.2 Å². The number of carbonyl (C=O) groups is 1. The van der Waals surface area contributed by atoms with Crippen molar-refractivity contribution in [3.8, 4) is 23.0 Å². The van der Waals surface area contributed by atoms with Gasteiger partial charge >= 0.3 is 12.3 Å². The Hall–Kier alpha value is -3.72. The summed E-state index contributed by atoms with van der Waals surface area (Å²) in [5, 5.41) is 2.57. The van der Waals surface area contributed by atoms with Crippen LogP contribution in [0.1, 0.15) is 33.7 Å². The van der Waals surface area contributed by atoms with Crippen LogP contribution in [0.5, 0.6) is 0 Å². The summed E-state index contributed by atoms with van der Waals surface area (Å²) in [4.78, 5) is 12.1. The Morgan fingerprint density at radius 1 is 1.00 bits per heavy atom. The highest BCUT2D eigenvalue weighted by Crippen LogP contribution is 2.44. The third kappa shape index (κ3) is 4.47. The fraction of sp³-hybridized carbons (Fsp3) is 0.192. The van der Waals surface area contributed by atoms with Gasteiger partial charge in [-0.05, 0) is 52.9 Å². The quantitative estimate of drug-likeness (QED) is 0.520. The van der Waals surface area contributed by atoms with Gasteiger partial charge in [-0.3, -0.25) is 0 Å². The lowest BCUT2D eigenvalue weighted by Crippen LogP contribution is -2.26. The topological polar surface area (TPSA) is 38.3 Å². The van der Waals surface area contributed by atoms with Gasteiger partial charge in [-0.1, -0.05) is 60.4 Å². The Labute approximate surface area is 184 Å². The van der Waals surface area contributed by atoms with E-state index < -0.39 is 17.8 Å². The Balaban J connectivity index is 1.34. The van der Waals surface area contributed by atoms with Crippen molar-refractivity contribution < 1.29 is 22.7 Å². The third-order valence-corrected chi connectivity index (χ3v) is 5.44. The van der Waals surface area contributed by atoms with Crippen LogP contribution in [0.15, 0.2) is 66.7 Å². The van der Waals surface area contributed by atoms with E-state index in [0.29, 0.717) is 11.1 Å². The molecule has 0 atom stereocenters. The molecule has 0 heterocycles. The highest BCUT2D eigenvalue weighted by Gasteiger charge is 2.30. The zero-order valence-corrected chi connectivity index (χ0v) is 17.3. The van der Waals surface area contributed by atoms with Crippen LogP contribution in [0.4, 0.5) is 18.0 Å². The van der Waals surface area contributed by atoms with Crippen molar-refractivity contribution >= 4 is 6.09 Å². The van der Waals surface area contributed by atoms with Crippen molar-refractivity contribution in [2.75, 3.05) is 13.2 Å². The zero-order valence-electron chi connectivity index (χ0n) is 17.3. The number of carbonyl (C=O) groups excluding carboxylic acids is 1. The van der Waals surface area contributed by atoms with Crippen LogP contribution < -0.4 is 5.32 Å². The number of hydrogen-bond acceptors (Lipinski definition) is 2. The molecule has 0 fully saturated rings. The van der Waals surface area contributed by atoms with Crippen LogP contribution in [0.3, 0.4) is 0 Å². The minimum absolute atomic E-state index is 0.0249. The number of amides is 1. The van der Waals surface area contributed by atoms with Crippen molar-refractivity contribution in [1.82, 2.24) is 5.32 Å². The predicted molar refractivity (Wildman–Crippen MR) is 116 cm³/mol. The molecule has 3 nitrogen and oxygen atoms in total. The first-order chi connectivity index (χ1) is 15.3. The van der Waals surface area contributed by atoms with Gasteiger partial charge in [0.1, 0.15) is 6.61 Å². The summed E-state index contributed by atoms with van der Waals surface area (Å²) in [5.74, 6) is 5.50. The molecule has 3 aromatic rings. The SMILES string of the molecule is Cc1cc(C(F)(F)F)ccc1C#CCNC(=O)OCC1c2ccccc2-c2ccccc21. The molecule has 0 saturated carbocycles. The van der Waals surface area contributed by atoms with Gasteiger partial charge in [0.2, 0.25) is 0 Å². The van der Waals surface area contributed by atoms with Crippen LogP contribution in [0.25, 0.3) is 11.1 Å². The molecule has 0 unspecified atom stereocenters. The average molecular weight is 435 g/mol. The lowest BCUT2D eigenvalue weighted by Gasteiger charge is -2.14. The van der Waals surface area contributed by atoms with E-state index in [4.69, 9.17) is 4.74 Å². The molecule has 1 aliphatic carbocycles. The van der Waals surface area contributed by atoms with Crippen LogP contribution in [-0.4, -0.2) is 19.2 Å². The Morgan fingerprint density at radius 2 is 1.62 bits per heavy atom. The largest absolute Gasteiger partial charge is 0.449 e. The number of rotatable bonds is 3. The summed E-state index contributed by atoms with van der Waals surface area (Å²) in [7, 11) is 0. The molecule has 32 heavy (non-hydrogen) atoms. The molecule has 162 valence electrons. The number of ether oxygens (including phenoxy) is 1. The van der Waals surface area contributed by atoms with E-state index in [1.54, 1.807) is 6.92 Å². The first-order valence-corrected chi connectivity index (χ1v) is 10.1. The lowest BCUT2D eigenvalue weighted by molar-refractivity contribution is -0.137. The van der Waals surface area contributed by atoms with Gasteiger partial charge in [0.05, 0.1) is 12.1 Å². The minimum Gasteiger partial charge on any atom is -0.449 e. The van der Waals surface area contributed by atoms with Gasteiger partial charge in [0, 0.05) is 11.5 Å². The van der Waals surface area contributed by atoms with Gasteiger partial charge in [-0.15, -0.1) is 0 Å². The second-order valence-corrected chi connectivity index (χ2v) is 7.51. The molecular formula is C26H20F3NO2. The summed E-state index contributed by atoms with van der Waals surface area (Å²) in [6, 6.07) is 19.5. The van der Waals surface area contributed by atoms with Crippen molar-refractivity contribution in [2.24, 2.45) is 0 Å². The molecule has 0 aliphatic heterocycles. The number of fused-ring (bicyclic) bond motifs is 3. The van der Waals surface area contributed by atoms with Crippen molar-refractivity contribution in [1.29, 1.82) is 0 Å². The highest BCUT2D eigenvalue weighted by molar-refractivity contribution is 5.79. The molecule has 4 rings (SSSR count). The summed E-state index contributed by atoms with van der Waals surface area (Å²) < 4.78 is 43.7. The molecule has 1 N–H and O–H groups in total. The summed E-state index contributed by atoms with van der Waals surface area (Å²) in [6.45, 7) is 1.79. The maximum atomic E-state index is 12.7. The number of benzene rings is 3. The maximum Gasteiger partial charge on any atom is 0.416 e. The molecule has 3 aromatic carbocycles. The van der Waals surface area contributed by atoms with Gasteiger partial charge in [0.15, 0.2) is 0 Å². The molecule has 0 aromatic heterocycles. The van der Waals surface area contributed by atoms with E-state index >= 15 is 0 Å². The Bertz CT molecular complexity index is 1180. The number of alkyl carbamates (subject to hydrolysis) is 1. The number of nitrogens with one attached hydrogen (secondary N) is 1. The molecule has 0 bridgehead atoms. The smallest absolute Gasteiger partial charge is 0.416 e. The van der Waals surface area contributed by atoms with E-state index in [0.717, 1.165) is 34.4 Å². The Kier molecular flexibility index (Phi) is 5.91. The molecule has 0 saturated heterocycles. The first-order valence-electron chi connectivity index (χ1n) is 10.1. The normalized spacial score (nSPS) is 12.4. The van der Waals surface area contributed by atoms with Crippen molar-refractivity contribution in [2.45, 2.75) is 19.0 Å². The number of hydrogen-bond donors (Lipinski definition) is 1. The van der Waals surface area contributed by atoms with Crippen LogP contribution >= 0.6 is 0 Å². The van der Waals surface area contributed by atoms with E-state index in [2.05, 4.69) is 29.3 Å². The maximum absolute atomic E-state index is 12.7. The van der Waals surface area contributed by atoms with Crippen LogP contribution in [-0.2, 0) is 10.9 Å². The average Bonchev–Trinajstić information content (AvgIpc) is 3.09. The predicted octanol–water partition coefficient (Wildman–Crippen LogP) is 5.90. The van der Waals surface area contributed by atoms with E-state index in [-0.39, 0.29) is 19.1 Å². The molecule has 1 aliphatic rings. The number of halogens is 3. The fourth-order valence-corrected chi connectivity index (χ4v) is 3.89. The van der Waals surface area contributed by atoms with Gasteiger partial charge in [0.25, 0.3) is 0 Å². The second kappa shape index (κ2) is 8.80. The summed E-state index contributed by atoms with van der Waals surface area (Å²) in [5.41, 5.74) is 4.74. The number of aryl methyl sites for hydroxylation is 1. The minimum atomic E-state index is -4.39. The second-order valence-electron chi connectivity index (χ2n) is 7.51. The van der Waals surface area contributed by atoms with E-state index in [1.165, 1.54) is 6.07 Å². The van der Waals surface area contributed by atoms with Crippen LogP contribution in [0, 0.1) is 18.8 Å². The molecule has 1 amide bonds.